The molecule has 1 N–H and O–H groups in total. The monoisotopic (exact) mass is 263 g/mol. The SMILES string of the molecule is CC1=C(O)N2[C@H]3C[C@H]4C[C@H](C4(C)C)[C@@]3(C)O[C@]2(C)C1. The molecule has 0 unspecified atom stereocenters. The maximum atomic E-state index is 10.4. The summed E-state index contributed by atoms with van der Waals surface area (Å²) < 4.78 is 6.62. The highest BCUT2D eigenvalue weighted by atomic mass is 16.6. The van der Waals surface area contributed by atoms with Crippen LogP contribution in [0.15, 0.2) is 11.5 Å². The summed E-state index contributed by atoms with van der Waals surface area (Å²) in [4.78, 5) is 2.19. The fraction of sp³-hybridized carbons (Fsp3) is 0.875. The molecular weight excluding hydrogens is 238 g/mol. The van der Waals surface area contributed by atoms with Crippen LogP contribution in [-0.4, -0.2) is 27.4 Å². The fourth-order valence-electron chi connectivity index (χ4n) is 5.75. The molecule has 2 bridgehead atoms. The van der Waals surface area contributed by atoms with E-state index in [1.165, 1.54) is 6.42 Å². The van der Waals surface area contributed by atoms with E-state index in [4.69, 9.17) is 4.74 Å². The van der Waals surface area contributed by atoms with Crippen molar-refractivity contribution in [3.8, 4) is 0 Å². The lowest BCUT2D eigenvalue weighted by molar-refractivity contribution is -0.222. The number of fused-ring (bicyclic) bond motifs is 1. The third-order valence-corrected chi connectivity index (χ3v) is 6.80. The average Bonchev–Trinajstić information content (AvgIpc) is 2.64. The number of hydrogen-bond acceptors (Lipinski definition) is 3. The number of hydrogen-bond donors (Lipinski definition) is 1. The van der Waals surface area contributed by atoms with E-state index in [-0.39, 0.29) is 11.3 Å². The van der Waals surface area contributed by atoms with E-state index in [9.17, 15) is 5.11 Å². The zero-order valence-electron chi connectivity index (χ0n) is 12.7. The van der Waals surface area contributed by atoms with Crippen LogP contribution in [0.1, 0.15) is 53.9 Å². The molecule has 2 heterocycles. The largest absolute Gasteiger partial charge is 0.495 e. The van der Waals surface area contributed by atoms with Crippen LogP contribution in [0.2, 0.25) is 0 Å². The number of nitrogens with zero attached hydrogens (tertiary/aromatic N) is 1. The zero-order valence-corrected chi connectivity index (χ0v) is 12.7. The van der Waals surface area contributed by atoms with Crippen molar-refractivity contribution in [2.24, 2.45) is 17.3 Å². The van der Waals surface area contributed by atoms with E-state index in [0.29, 0.717) is 23.3 Å². The quantitative estimate of drug-likeness (QED) is 0.727. The first-order valence-corrected chi connectivity index (χ1v) is 7.58. The van der Waals surface area contributed by atoms with E-state index in [1.54, 1.807) is 0 Å². The zero-order chi connectivity index (χ0) is 13.8. The maximum Gasteiger partial charge on any atom is 0.188 e. The second-order valence-corrected chi connectivity index (χ2v) is 8.17. The second-order valence-electron chi connectivity index (χ2n) is 8.17. The van der Waals surface area contributed by atoms with Gasteiger partial charge in [-0.3, -0.25) is 0 Å². The van der Waals surface area contributed by atoms with Gasteiger partial charge in [-0.05, 0) is 56.4 Å². The topological polar surface area (TPSA) is 32.7 Å². The Morgan fingerprint density at radius 2 is 1.89 bits per heavy atom. The van der Waals surface area contributed by atoms with Crippen molar-refractivity contribution >= 4 is 0 Å². The molecule has 3 aliphatic carbocycles. The Bertz CT molecular complexity index is 497. The molecule has 0 aromatic heterocycles. The van der Waals surface area contributed by atoms with Gasteiger partial charge in [0.25, 0.3) is 0 Å². The average molecular weight is 263 g/mol. The number of rotatable bonds is 0. The van der Waals surface area contributed by atoms with Gasteiger partial charge in [0.05, 0.1) is 11.6 Å². The van der Waals surface area contributed by atoms with E-state index in [0.717, 1.165) is 24.3 Å². The summed E-state index contributed by atoms with van der Waals surface area (Å²) in [5.41, 5.74) is 1.06. The fourth-order valence-corrected chi connectivity index (χ4v) is 5.75. The maximum absolute atomic E-state index is 10.4. The van der Waals surface area contributed by atoms with Crippen molar-refractivity contribution in [2.45, 2.75) is 71.2 Å². The van der Waals surface area contributed by atoms with Crippen molar-refractivity contribution in [2.75, 3.05) is 0 Å². The molecular formula is C16H25NO2. The van der Waals surface area contributed by atoms with E-state index in [1.807, 2.05) is 6.92 Å². The summed E-state index contributed by atoms with van der Waals surface area (Å²) in [6, 6.07) is 0.353. The minimum Gasteiger partial charge on any atom is -0.495 e. The Labute approximate surface area is 115 Å². The first kappa shape index (κ1) is 12.1. The number of aliphatic hydroxyl groups excluding tert-OH is 1. The summed E-state index contributed by atoms with van der Waals surface area (Å²) in [7, 11) is 0. The van der Waals surface area contributed by atoms with Gasteiger partial charge in [-0.1, -0.05) is 13.8 Å². The Balaban J connectivity index is 1.79. The third-order valence-electron chi connectivity index (χ3n) is 6.80. The Morgan fingerprint density at radius 1 is 1.21 bits per heavy atom. The normalized spacial score (nSPS) is 53.9. The van der Waals surface area contributed by atoms with Crippen molar-refractivity contribution in [1.82, 2.24) is 4.90 Å². The molecule has 0 aromatic rings. The van der Waals surface area contributed by atoms with Crippen LogP contribution < -0.4 is 0 Å². The molecule has 106 valence electrons. The molecule has 0 amide bonds. The summed E-state index contributed by atoms with van der Waals surface area (Å²) >= 11 is 0. The molecule has 0 spiro atoms. The molecule has 1 saturated heterocycles. The van der Waals surface area contributed by atoms with Crippen LogP contribution in [0.4, 0.5) is 0 Å². The predicted octanol–water partition coefficient (Wildman–Crippen LogP) is 3.42. The number of ether oxygens (including phenoxy) is 1. The lowest BCUT2D eigenvalue weighted by Crippen LogP contribution is -2.66. The van der Waals surface area contributed by atoms with Crippen molar-refractivity contribution in [3.63, 3.8) is 0 Å². The summed E-state index contributed by atoms with van der Waals surface area (Å²) in [6.07, 6.45) is 3.29. The Hall–Kier alpha value is -0.700. The number of aliphatic hydroxyl groups is 1. The molecule has 5 aliphatic rings. The highest BCUT2D eigenvalue weighted by molar-refractivity contribution is 5.28. The first-order chi connectivity index (χ1) is 8.70. The third kappa shape index (κ3) is 1.11. The van der Waals surface area contributed by atoms with Gasteiger partial charge in [-0.2, -0.15) is 0 Å². The van der Waals surface area contributed by atoms with E-state index in [2.05, 4.69) is 32.6 Å². The Morgan fingerprint density at radius 3 is 2.53 bits per heavy atom. The smallest absolute Gasteiger partial charge is 0.188 e. The Kier molecular flexibility index (Phi) is 1.89. The van der Waals surface area contributed by atoms with Crippen molar-refractivity contribution in [1.29, 1.82) is 0 Å². The van der Waals surface area contributed by atoms with Crippen LogP contribution in [0.25, 0.3) is 0 Å². The lowest BCUT2D eigenvalue weighted by Gasteiger charge is -2.65. The molecule has 0 radical (unpaired) electrons. The van der Waals surface area contributed by atoms with Gasteiger partial charge in [0.1, 0.15) is 5.72 Å². The van der Waals surface area contributed by atoms with Gasteiger partial charge in [-0.15, -0.1) is 0 Å². The summed E-state index contributed by atoms with van der Waals surface area (Å²) in [5, 5.41) is 10.4. The van der Waals surface area contributed by atoms with Crippen LogP contribution >= 0.6 is 0 Å². The molecule has 3 saturated carbocycles. The molecule has 3 nitrogen and oxygen atoms in total. The molecule has 19 heavy (non-hydrogen) atoms. The van der Waals surface area contributed by atoms with Gasteiger partial charge >= 0.3 is 0 Å². The molecule has 0 aromatic carbocycles. The van der Waals surface area contributed by atoms with E-state index >= 15 is 0 Å². The first-order valence-electron chi connectivity index (χ1n) is 7.58. The van der Waals surface area contributed by atoms with Crippen LogP contribution in [0, 0.1) is 17.3 Å². The van der Waals surface area contributed by atoms with Gasteiger partial charge < -0.3 is 14.7 Å². The van der Waals surface area contributed by atoms with Gasteiger partial charge in [0.2, 0.25) is 0 Å². The van der Waals surface area contributed by atoms with Crippen molar-refractivity contribution < 1.29 is 9.84 Å². The van der Waals surface area contributed by atoms with Crippen molar-refractivity contribution in [3.05, 3.63) is 11.5 Å². The molecule has 5 atom stereocenters. The minimum absolute atomic E-state index is 0.0956. The highest BCUT2D eigenvalue weighted by Gasteiger charge is 2.72. The minimum atomic E-state index is -0.318. The van der Waals surface area contributed by atoms with Gasteiger partial charge in [0, 0.05) is 6.42 Å². The second kappa shape index (κ2) is 2.98. The summed E-state index contributed by atoms with van der Waals surface area (Å²) in [5.74, 6) is 1.89. The van der Waals surface area contributed by atoms with Gasteiger partial charge in [-0.25, -0.2) is 0 Å². The standard InChI is InChI=1S/C16H25NO2/c1-9-8-15(4)17(13(9)18)12-7-10-6-11(14(10,2)3)16(12,5)19-15/h10-12,18H,6-8H2,1-5H3/t10-,11-,12+,15-,16-/m1/s1. The molecule has 4 fully saturated rings. The summed E-state index contributed by atoms with van der Waals surface area (Å²) in [6.45, 7) is 11.2. The highest BCUT2D eigenvalue weighted by Crippen LogP contribution is 2.69. The molecule has 2 aliphatic heterocycles. The van der Waals surface area contributed by atoms with Crippen LogP contribution in [0.3, 0.4) is 0 Å². The van der Waals surface area contributed by atoms with Gasteiger partial charge in [0.15, 0.2) is 5.88 Å². The van der Waals surface area contributed by atoms with E-state index < -0.39 is 0 Å². The van der Waals surface area contributed by atoms with Crippen LogP contribution in [-0.2, 0) is 4.74 Å². The molecule has 3 heteroatoms. The molecule has 5 rings (SSSR count). The predicted molar refractivity (Wildman–Crippen MR) is 73.5 cm³/mol. The van der Waals surface area contributed by atoms with Crippen LogP contribution in [0.5, 0.6) is 0 Å². The lowest BCUT2D eigenvalue weighted by atomic mass is 9.43.